The van der Waals surface area contributed by atoms with Crippen LogP contribution in [0.2, 0.25) is 0 Å². The maximum absolute atomic E-state index is 10.9. The van der Waals surface area contributed by atoms with Crippen LogP contribution in [0, 0.1) is 0 Å². The summed E-state index contributed by atoms with van der Waals surface area (Å²) in [6.45, 7) is 0.723. The van der Waals surface area contributed by atoms with Gasteiger partial charge < -0.3 is 11.1 Å². The van der Waals surface area contributed by atoms with Crippen LogP contribution in [0.5, 0.6) is 0 Å². The van der Waals surface area contributed by atoms with Gasteiger partial charge in [-0.1, -0.05) is 30.3 Å². The Bertz CT molecular complexity index is 528. The monoisotopic (exact) mass is 242 g/mol. The van der Waals surface area contributed by atoms with Gasteiger partial charge in [-0.15, -0.1) is 0 Å². The van der Waals surface area contributed by atoms with E-state index in [1.807, 2.05) is 18.2 Å². The van der Waals surface area contributed by atoms with Crippen molar-refractivity contribution >= 4 is 11.7 Å². The fourth-order valence-electron chi connectivity index (χ4n) is 1.55. The summed E-state index contributed by atoms with van der Waals surface area (Å²) in [6, 6.07) is 10.1. The lowest BCUT2D eigenvalue weighted by molar-refractivity contribution is 0.0995. The molecule has 18 heavy (non-hydrogen) atoms. The zero-order valence-electron chi connectivity index (χ0n) is 9.84. The molecule has 5 nitrogen and oxygen atoms in total. The first kappa shape index (κ1) is 12.0. The van der Waals surface area contributed by atoms with Gasteiger partial charge in [0.15, 0.2) is 0 Å². The fourth-order valence-corrected chi connectivity index (χ4v) is 1.55. The van der Waals surface area contributed by atoms with E-state index >= 15 is 0 Å². The van der Waals surface area contributed by atoms with E-state index in [4.69, 9.17) is 5.73 Å². The van der Waals surface area contributed by atoms with Crippen LogP contribution in [0.4, 0.5) is 5.82 Å². The molecule has 0 radical (unpaired) electrons. The van der Waals surface area contributed by atoms with Gasteiger partial charge in [-0.25, -0.2) is 4.98 Å². The van der Waals surface area contributed by atoms with Gasteiger partial charge in [0.25, 0.3) is 5.91 Å². The number of amides is 1. The Morgan fingerprint density at radius 3 is 2.72 bits per heavy atom. The number of anilines is 1. The minimum Gasteiger partial charge on any atom is -0.368 e. The molecule has 1 aromatic heterocycles. The first-order valence-electron chi connectivity index (χ1n) is 5.65. The summed E-state index contributed by atoms with van der Waals surface area (Å²) in [6.07, 6.45) is 3.80. The lowest BCUT2D eigenvalue weighted by Gasteiger charge is -2.05. The molecule has 2 aromatic rings. The molecule has 0 saturated heterocycles. The molecule has 0 aliphatic carbocycles. The molecule has 0 saturated carbocycles. The predicted octanol–water partition coefficient (Wildman–Crippen LogP) is 1.23. The molecule has 3 N–H and O–H groups in total. The molecular weight excluding hydrogens is 228 g/mol. The smallest absolute Gasteiger partial charge is 0.268 e. The molecule has 0 spiro atoms. The van der Waals surface area contributed by atoms with E-state index < -0.39 is 5.91 Å². The lowest BCUT2D eigenvalue weighted by atomic mass is 10.1. The SMILES string of the molecule is NC(=O)c1cncc(NCCc2ccccc2)n1. The highest BCUT2D eigenvalue weighted by molar-refractivity contribution is 5.90. The Kier molecular flexibility index (Phi) is 3.86. The van der Waals surface area contributed by atoms with Crippen LogP contribution in [-0.4, -0.2) is 22.4 Å². The lowest BCUT2D eigenvalue weighted by Crippen LogP contribution is -2.15. The number of benzene rings is 1. The molecule has 0 atom stereocenters. The number of hydrogen-bond donors (Lipinski definition) is 2. The van der Waals surface area contributed by atoms with Crippen molar-refractivity contribution < 1.29 is 4.79 Å². The van der Waals surface area contributed by atoms with Crippen molar-refractivity contribution in [2.24, 2.45) is 5.73 Å². The summed E-state index contributed by atoms with van der Waals surface area (Å²) in [7, 11) is 0. The molecule has 92 valence electrons. The van der Waals surface area contributed by atoms with Crippen LogP contribution in [0.15, 0.2) is 42.7 Å². The molecule has 0 aliphatic heterocycles. The Balaban J connectivity index is 1.90. The van der Waals surface area contributed by atoms with Crippen molar-refractivity contribution in [3.8, 4) is 0 Å². The van der Waals surface area contributed by atoms with Gasteiger partial charge in [0.05, 0.1) is 12.4 Å². The molecule has 1 heterocycles. The molecule has 0 fully saturated rings. The largest absolute Gasteiger partial charge is 0.368 e. The molecule has 0 unspecified atom stereocenters. The van der Waals surface area contributed by atoms with Gasteiger partial charge in [0.2, 0.25) is 0 Å². The quantitative estimate of drug-likeness (QED) is 0.826. The van der Waals surface area contributed by atoms with Crippen LogP contribution >= 0.6 is 0 Å². The Labute approximate surface area is 105 Å². The first-order valence-corrected chi connectivity index (χ1v) is 5.65. The number of rotatable bonds is 5. The van der Waals surface area contributed by atoms with Crippen molar-refractivity contribution in [1.82, 2.24) is 9.97 Å². The van der Waals surface area contributed by atoms with Crippen LogP contribution in [0.1, 0.15) is 16.1 Å². The van der Waals surface area contributed by atoms with Crippen LogP contribution in [0.3, 0.4) is 0 Å². The standard InChI is InChI=1S/C13H14N4O/c14-13(18)11-8-15-9-12(17-11)16-7-6-10-4-2-1-3-5-10/h1-5,8-9H,6-7H2,(H2,14,18)(H,16,17). The second-order valence-electron chi connectivity index (χ2n) is 3.82. The predicted molar refractivity (Wildman–Crippen MR) is 69.2 cm³/mol. The van der Waals surface area contributed by atoms with Gasteiger partial charge in [-0.3, -0.25) is 9.78 Å². The zero-order valence-corrected chi connectivity index (χ0v) is 9.84. The summed E-state index contributed by atoms with van der Waals surface area (Å²) in [5, 5.41) is 3.11. The van der Waals surface area contributed by atoms with Crippen LogP contribution in [0.25, 0.3) is 0 Å². The molecule has 1 aromatic carbocycles. The fraction of sp³-hybridized carbons (Fsp3) is 0.154. The number of nitrogens with two attached hydrogens (primary N) is 1. The maximum atomic E-state index is 10.9. The highest BCUT2D eigenvalue weighted by Crippen LogP contribution is 2.03. The number of carbonyl (C=O) groups is 1. The van der Waals surface area contributed by atoms with E-state index in [2.05, 4.69) is 27.4 Å². The third kappa shape index (κ3) is 3.28. The minimum absolute atomic E-state index is 0.166. The second-order valence-corrected chi connectivity index (χ2v) is 3.82. The van der Waals surface area contributed by atoms with E-state index in [-0.39, 0.29) is 5.69 Å². The van der Waals surface area contributed by atoms with E-state index in [0.717, 1.165) is 13.0 Å². The van der Waals surface area contributed by atoms with Crippen molar-refractivity contribution in [3.63, 3.8) is 0 Å². The zero-order chi connectivity index (χ0) is 12.8. The van der Waals surface area contributed by atoms with Crippen molar-refractivity contribution in [3.05, 3.63) is 54.0 Å². The van der Waals surface area contributed by atoms with E-state index in [1.54, 1.807) is 6.20 Å². The third-order valence-electron chi connectivity index (χ3n) is 2.45. The maximum Gasteiger partial charge on any atom is 0.268 e. The van der Waals surface area contributed by atoms with E-state index in [9.17, 15) is 4.79 Å². The van der Waals surface area contributed by atoms with Crippen LogP contribution < -0.4 is 11.1 Å². The summed E-state index contributed by atoms with van der Waals surface area (Å²) >= 11 is 0. The summed E-state index contributed by atoms with van der Waals surface area (Å²) in [5.41, 5.74) is 6.54. The number of hydrogen-bond acceptors (Lipinski definition) is 4. The highest BCUT2D eigenvalue weighted by Gasteiger charge is 2.03. The van der Waals surface area contributed by atoms with Gasteiger partial charge in [-0.2, -0.15) is 0 Å². The minimum atomic E-state index is -0.575. The number of aromatic nitrogens is 2. The van der Waals surface area contributed by atoms with Gasteiger partial charge in [0.1, 0.15) is 11.5 Å². The summed E-state index contributed by atoms with van der Waals surface area (Å²) in [5.74, 6) is -0.0172. The number of carbonyl (C=O) groups excluding carboxylic acids is 1. The second kappa shape index (κ2) is 5.77. The topological polar surface area (TPSA) is 80.9 Å². The normalized spacial score (nSPS) is 10.0. The molecule has 0 aliphatic rings. The van der Waals surface area contributed by atoms with E-state index in [0.29, 0.717) is 5.82 Å². The number of primary amides is 1. The summed E-state index contributed by atoms with van der Waals surface area (Å²) < 4.78 is 0. The number of nitrogens with zero attached hydrogens (tertiary/aromatic N) is 2. The van der Waals surface area contributed by atoms with Crippen molar-refractivity contribution in [1.29, 1.82) is 0 Å². The molecular formula is C13H14N4O. The summed E-state index contributed by atoms with van der Waals surface area (Å²) in [4.78, 5) is 18.9. The molecule has 5 heteroatoms. The Morgan fingerprint density at radius 2 is 2.00 bits per heavy atom. The van der Waals surface area contributed by atoms with E-state index in [1.165, 1.54) is 11.8 Å². The molecule has 1 amide bonds. The Morgan fingerprint density at radius 1 is 1.22 bits per heavy atom. The molecule has 2 rings (SSSR count). The van der Waals surface area contributed by atoms with Gasteiger partial charge in [-0.05, 0) is 12.0 Å². The van der Waals surface area contributed by atoms with Crippen molar-refractivity contribution in [2.75, 3.05) is 11.9 Å². The first-order chi connectivity index (χ1) is 8.75. The third-order valence-corrected chi connectivity index (χ3v) is 2.45. The Hall–Kier alpha value is -2.43. The van der Waals surface area contributed by atoms with Crippen molar-refractivity contribution in [2.45, 2.75) is 6.42 Å². The average Bonchev–Trinajstić information content (AvgIpc) is 2.40. The van der Waals surface area contributed by atoms with Gasteiger partial charge in [0, 0.05) is 6.54 Å². The average molecular weight is 242 g/mol. The van der Waals surface area contributed by atoms with Gasteiger partial charge >= 0.3 is 0 Å². The highest BCUT2D eigenvalue weighted by atomic mass is 16.1. The van der Waals surface area contributed by atoms with Crippen LogP contribution in [-0.2, 0) is 6.42 Å². The molecule has 0 bridgehead atoms. The number of nitrogens with one attached hydrogen (secondary N) is 1.